The molecule has 1 aliphatic rings. The molecule has 1 aliphatic heterocycles. The van der Waals surface area contributed by atoms with Crippen LogP contribution in [0.15, 0.2) is 36.4 Å². The summed E-state index contributed by atoms with van der Waals surface area (Å²) in [5.41, 5.74) is 2.28. The maximum absolute atomic E-state index is 13.5. The van der Waals surface area contributed by atoms with Gasteiger partial charge in [0, 0.05) is 31.2 Å². The first-order valence-corrected chi connectivity index (χ1v) is 11.9. The number of nitrogens with one attached hydrogen (secondary N) is 1. The molecule has 0 radical (unpaired) electrons. The van der Waals surface area contributed by atoms with Gasteiger partial charge in [-0.3, -0.25) is 9.69 Å². The molecule has 0 atom stereocenters. The lowest BCUT2D eigenvalue weighted by Crippen LogP contribution is -2.44. The van der Waals surface area contributed by atoms with E-state index in [0.29, 0.717) is 28.6 Å². The van der Waals surface area contributed by atoms with Gasteiger partial charge in [-0.1, -0.05) is 6.07 Å². The summed E-state index contributed by atoms with van der Waals surface area (Å²) in [6, 6.07) is 9.62. The Bertz CT molecular complexity index is 1180. The Morgan fingerprint density at radius 3 is 2.50 bits per heavy atom. The predicted octanol–water partition coefficient (Wildman–Crippen LogP) is 4.81. The molecule has 0 bridgehead atoms. The molecule has 0 spiro atoms. The van der Waals surface area contributed by atoms with E-state index in [-0.39, 0.29) is 11.9 Å². The number of halogens is 2. The average molecular weight is 488 g/mol. The number of carbonyl (C=O) groups is 1. The standard InChI is InChI=1S/C25H27F2N3O3S/c1-15-23(34-25(28-15)17-5-7-21(32-2)22(13-17)33-3)24(31)29-18-8-10-30(11-9-18)14-16-4-6-19(26)20(27)12-16/h4-7,12-13,18H,8-11,14H2,1-3H3,(H,29,31). The number of rotatable bonds is 7. The van der Waals surface area contributed by atoms with E-state index in [0.717, 1.165) is 48.1 Å². The van der Waals surface area contributed by atoms with Crippen LogP contribution in [0.2, 0.25) is 0 Å². The lowest BCUT2D eigenvalue weighted by Gasteiger charge is -2.32. The molecule has 2 heterocycles. The molecule has 1 N–H and O–H groups in total. The van der Waals surface area contributed by atoms with E-state index >= 15 is 0 Å². The number of benzene rings is 2. The van der Waals surface area contributed by atoms with Crippen molar-refractivity contribution < 1.29 is 23.0 Å². The minimum absolute atomic E-state index is 0.0553. The van der Waals surface area contributed by atoms with Gasteiger partial charge in [-0.2, -0.15) is 0 Å². The Morgan fingerprint density at radius 1 is 1.09 bits per heavy atom. The normalized spacial score (nSPS) is 14.7. The third-order valence-corrected chi connectivity index (χ3v) is 7.15. The molecular weight excluding hydrogens is 460 g/mol. The molecule has 1 amide bonds. The summed E-state index contributed by atoms with van der Waals surface area (Å²) < 4.78 is 37.3. The summed E-state index contributed by atoms with van der Waals surface area (Å²) in [5.74, 6) is -0.548. The van der Waals surface area contributed by atoms with Crippen LogP contribution in [0.25, 0.3) is 10.6 Å². The fourth-order valence-corrected chi connectivity index (χ4v) is 5.05. The van der Waals surface area contributed by atoms with Crippen molar-refractivity contribution in [2.45, 2.75) is 32.4 Å². The van der Waals surface area contributed by atoms with Crippen molar-refractivity contribution in [1.82, 2.24) is 15.2 Å². The minimum Gasteiger partial charge on any atom is -0.493 e. The van der Waals surface area contributed by atoms with Crippen molar-refractivity contribution in [3.63, 3.8) is 0 Å². The molecule has 0 unspecified atom stereocenters. The highest BCUT2D eigenvalue weighted by Crippen LogP contribution is 2.35. The second-order valence-electron chi connectivity index (χ2n) is 8.28. The first kappa shape index (κ1) is 24.1. The van der Waals surface area contributed by atoms with Crippen LogP contribution in [0.5, 0.6) is 11.5 Å². The van der Waals surface area contributed by atoms with E-state index in [4.69, 9.17) is 9.47 Å². The molecule has 2 aromatic carbocycles. The molecule has 1 fully saturated rings. The Labute approximate surface area is 201 Å². The Morgan fingerprint density at radius 2 is 1.82 bits per heavy atom. The SMILES string of the molecule is COc1ccc(-c2nc(C)c(C(=O)NC3CCN(Cc4ccc(F)c(F)c4)CC3)s2)cc1OC. The second-order valence-corrected chi connectivity index (χ2v) is 9.27. The van der Waals surface area contributed by atoms with Crippen molar-refractivity contribution in [1.29, 1.82) is 0 Å². The minimum atomic E-state index is -0.835. The zero-order valence-electron chi connectivity index (χ0n) is 19.4. The van der Waals surface area contributed by atoms with Gasteiger partial charge in [0.1, 0.15) is 9.88 Å². The quantitative estimate of drug-likeness (QED) is 0.518. The molecule has 180 valence electrons. The van der Waals surface area contributed by atoms with Crippen molar-refractivity contribution >= 4 is 17.2 Å². The molecular formula is C25H27F2N3O3S. The molecule has 0 aliphatic carbocycles. The number of piperidine rings is 1. The fraction of sp³-hybridized carbons (Fsp3) is 0.360. The largest absolute Gasteiger partial charge is 0.493 e. The lowest BCUT2D eigenvalue weighted by atomic mass is 10.0. The summed E-state index contributed by atoms with van der Waals surface area (Å²) in [6.07, 6.45) is 1.58. The molecule has 1 saturated heterocycles. The number of carbonyl (C=O) groups excluding carboxylic acids is 1. The maximum atomic E-state index is 13.5. The summed E-state index contributed by atoms with van der Waals surface area (Å²) in [5, 5.41) is 3.87. The number of nitrogens with zero attached hydrogens (tertiary/aromatic N) is 2. The molecule has 34 heavy (non-hydrogen) atoms. The Hall–Kier alpha value is -3.04. The number of likely N-dealkylation sites (tertiary alicyclic amines) is 1. The predicted molar refractivity (Wildman–Crippen MR) is 128 cm³/mol. The van der Waals surface area contributed by atoms with Crippen molar-refractivity contribution in [2.24, 2.45) is 0 Å². The molecule has 1 aromatic heterocycles. The van der Waals surface area contributed by atoms with Crippen molar-refractivity contribution in [3.05, 3.63) is 64.2 Å². The van der Waals surface area contributed by atoms with Crippen LogP contribution in [0.4, 0.5) is 8.78 Å². The van der Waals surface area contributed by atoms with E-state index in [1.165, 1.54) is 17.4 Å². The highest BCUT2D eigenvalue weighted by molar-refractivity contribution is 7.17. The van der Waals surface area contributed by atoms with Gasteiger partial charge < -0.3 is 14.8 Å². The van der Waals surface area contributed by atoms with Crippen molar-refractivity contribution in [3.8, 4) is 22.1 Å². The highest BCUT2D eigenvalue weighted by atomic mass is 32.1. The third kappa shape index (κ3) is 5.37. The van der Waals surface area contributed by atoms with Crippen LogP contribution >= 0.6 is 11.3 Å². The van der Waals surface area contributed by atoms with Crippen LogP contribution in [-0.4, -0.2) is 49.1 Å². The van der Waals surface area contributed by atoms with Gasteiger partial charge >= 0.3 is 0 Å². The first-order valence-electron chi connectivity index (χ1n) is 11.0. The van der Waals surface area contributed by atoms with Crippen LogP contribution in [0.3, 0.4) is 0 Å². The monoisotopic (exact) mass is 487 g/mol. The molecule has 9 heteroatoms. The summed E-state index contributed by atoms with van der Waals surface area (Å²) in [7, 11) is 3.16. The number of ether oxygens (including phenoxy) is 2. The lowest BCUT2D eigenvalue weighted by molar-refractivity contribution is 0.0912. The molecule has 6 nitrogen and oxygen atoms in total. The average Bonchev–Trinajstić information content (AvgIpc) is 3.24. The number of hydrogen-bond donors (Lipinski definition) is 1. The smallest absolute Gasteiger partial charge is 0.263 e. The van der Waals surface area contributed by atoms with Gasteiger partial charge in [0.25, 0.3) is 5.91 Å². The number of aryl methyl sites for hydroxylation is 1. The summed E-state index contributed by atoms with van der Waals surface area (Å²) in [6.45, 7) is 3.92. The summed E-state index contributed by atoms with van der Waals surface area (Å²) in [4.78, 5) is 20.3. The van der Waals surface area contributed by atoms with E-state index in [1.807, 2.05) is 25.1 Å². The fourth-order valence-electron chi connectivity index (χ4n) is 4.08. The zero-order chi connectivity index (χ0) is 24.2. The van der Waals surface area contributed by atoms with Gasteiger partial charge in [0.15, 0.2) is 23.1 Å². The van der Waals surface area contributed by atoms with E-state index in [1.54, 1.807) is 20.3 Å². The highest BCUT2D eigenvalue weighted by Gasteiger charge is 2.24. The van der Waals surface area contributed by atoms with E-state index in [9.17, 15) is 13.6 Å². The molecule has 4 rings (SSSR count). The number of methoxy groups -OCH3 is 2. The van der Waals surface area contributed by atoms with Crippen molar-refractivity contribution in [2.75, 3.05) is 27.3 Å². The third-order valence-electron chi connectivity index (χ3n) is 5.95. The van der Waals surface area contributed by atoms with Gasteiger partial charge in [0.2, 0.25) is 0 Å². The number of hydrogen-bond acceptors (Lipinski definition) is 6. The maximum Gasteiger partial charge on any atom is 0.263 e. The van der Waals surface area contributed by atoms with E-state index < -0.39 is 11.6 Å². The number of amides is 1. The van der Waals surface area contributed by atoms with Crippen LogP contribution in [-0.2, 0) is 6.54 Å². The van der Waals surface area contributed by atoms with Gasteiger partial charge in [-0.15, -0.1) is 11.3 Å². The number of thiazole rings is 1. The van der Waals surface area contributed by atoms with E-state index in [2.05, 4.69) is 15.2 Å². The van der Waals surface area contributed by atoms with Gasteiger partial charge in [-0.05, 0) is 55.7 Å². The Balaban J connectivity index is 1.36. The number of aromatic nitrogens is 1. The van der Waals surface area contributed by atoms with Crippen LogP contribution in [0.1, 0.15) is 33.8 Å². The topological polar surface area (TPSA) is 63.7 Å². The molecule has 0 saturated carbocycles. The van der Waals surface area contributed by atoms with Gasteiger partial charge in [-0.25, -0.2) is 13.8 Å². The Kier molecular flexibility index (Phi) is 7.43. The van der Waals surface area contributed by atoms with Gasteiger partial charge in [0.05, 0.1) is 19.9 Å². The second kappa shape index (κ2) is 10.5. The van der Waals surface area contributed by atoms with Crippen LogP contribution < -0.4 is 14.8 Å². The van der Waals surface area contributed by atoms with Crippen LogP contribution in [0, 0.1) is 18.6 Å². The first-order chi connectivity index (χ1) is 16.4. The zero-order valence-corrected chi connectivity index (χ0v) is 20.2. The molecule has 3 aromatic rings. The summed E-state index contributed by atoms with van der Waals surface area (Å²) >= 11 is 1.35.